The number of nitrogens with zero attached hydrogens (tertiary/aromatic N) is 1. The van der Waals surface area contributed by atoms with E-state index in [0.717, 1.165) is 16.9 Å². The van der Waals surface area contributed by atoms with Crippen molar-refractivity contribution in [2.24, 2.45) is 0 Å². The Hall–Kier alpha value is -1.51. The van der Waals surface area contributed by atoms with Gasteiger partial charge >= 0.3 is 0 Å². The number of carbonyl (C=O) groups is 1. The van der Waals surface area contributed by atoms with Gasteiger partial charge in [-0.3, -0.25) is 4.79 Å². The lowest BCUT2D eigenvalue weighted by atomic mass is 10.1. The molecule has 0 fully saturated rings. The second kappa shape index (κ2) is 6.78. The van der Waals surface area contributed by atoms with Gasteiger partial charge < -0.3 is 9.64 Å². The number of hydrogen-bond donors (Lipinski definition) is 0. The van der Waals surface area contributed by atoms with Crippen molar-refractivity contribution in [1.29, 1.82) is 0 Å². The van der Waals surface area contributed by atoms with Gasteiger partial charge in [0.1, 0.15) is 5.75 Å². The summed E-state index contributed by atoms with van der Waals surface area (Å²) in [5.41, 5.74) is 3.36. The minimum absolute atomic E-state index is 0.0373. The molecule has 0 aliphatic rings. The van der Waals surface area contributed by atoms with Crippen LogP contribution >= 0.6 is 0 Å². The summed E-state index contributed by atoms with van der Waals surface area (Å²) in [5, 5.41) is 0. The van der Waals surface area contributed by atoms with Crippen molar-refractivity contribution in [2.45, 2.75) is 60.5 Å². The minimum atomic E-state index is 0.0373. The van der Waals surface area contributed by atoms with Crippen LogP contribution in [-0.4, -0.2) is 29.5 Å². The second-order valence-electron chi connectivity index (χ2n) is 5.93. The van der Waals surface area contributed by atoms with E-state index in [1.54, 1.807) is 0 Å². The number of rotatable bonds is 5. The van der Waals surface area contributed by atoms with E-state index in [0.29, 0.717) is 0 Å². The molecular formula is C17H27NO2. The molecule has 0 aliphatic heterocycles. The fourth-order valence-corrected chi connectivity index (χ4v) is 2.53. The maximum absolute atomic E-state index is 12.3. The molecule has 20 heavy (non-hydrogen) atoms. The molecule has 1 amide bonds. The van der Waals surface area contributed by atoms with Crippen LogP contribution in [0.15, 0.2) is 12.1 Å². The van der Waals surface area contributed by atoms with Gasteiger partial charge in [-0.25, -0.2) is 0 Å². The highest BCUT2D eigenvalue weighted by Gasteiger charge is 2.21. The van der Waals surface area contributed by atoms with Crippen molar-refractivity contribution in [3.05, 3.63) is 28.8 Å². The van der Waals surface area contributed by atoms with Crippen LogP contribution in [0.25, 0.3) is 0 Å². The summed E-state index contributed by atoms with van der Waals surface area (Å²) in [4.78, 5) is 14.2. The summed E-state index contributed by atoms with van der Waals surface area (Å²) < 4.78 is 5.80. The zero-order chi connectivity index (χ0) is 15.4. The Labute approximate surface area is 122 Å². The Bertz CT molecular complexity index is 470. The van der Waals surface area contributed by atoms with Crippen LogP contribution < -0.4 is 4.74 Å². The van der Waals surface area contributed by atoms with Crippen molar-refractivity contribution in [2.75, 3.05) is 6.61 Å². The minimum Gasteiger partial charge on any atom is -0.483 e. The van der Waals surface area contributed by atoms with Gasteiger partial charge in [-0.15, -0.1) is 0 Å². The highest BCUT2D eigenvalue weighted by molar-refractivity contribution is 5.78. The maximum Gasteiger partial charge on any atom is 0.260 e. The third-order valence-electron chi connectivity index (χ3n) is 3.61. The molecule has 0 bridgehead atoms. The van der Waals surface area contributed by atoms with Crippen molar-refractivity contribution in [3.8, 4) is 5.75 Å². The number of benzene rings is 1. The van der Waals surface area contributed by atoms with Crippen LogP contribution in [0.2, 0.25) is 0 Å². The quantitative estimate of drug-likeness (QED) is 0.822. The summed E-state index contributed by atoms with van der Waals surface area (Å²) in [5.74, 6) is 0.876. The van der Waals surface area contributed by atoms with Crippen LogP contribution in [0.5, 0.6) is 5.75 Å². The summed E-state index contributed by atoms with van der Waals surface area (Å²) in [6, 6.07) is 4.48. The van der Waals surface area contributed by atoms with Crippen molar-refractivity contribution in [1.82, 2.24) is 4.90 Å². The first-order valence-corrected chi connectivity index (χ1v) is 7.26. The average Bonchev–Trinajstić information content (AvgIpc) is 2.33. The molecule has 0 radical (unpaired) electrons. The average molecular weight is 277 g/mol. The first-order chi connectivity index (χ1) is 9.25. The van der Waals surface area contributed by atoms with Crippen LogP contribution in [0.3, 0.4) is 0 Å². The Balaban J connectivity index is 2.82. The molecule has 3 nitrogen and oxygen atoms in total. The normalized spacial score (nSPS) is 11.1. The lowest BCUT2D eigenvalue weighted by molar-refractivity contribution is -0.137. The SMILES string of the molecule is Cc1ccc(C)c(OCC(=O)N(C(C)C)C(C)C)c1C. The molecule has 0 unspecified atom stereocenters. The monoisotopic (exact) mass is 277 g/mol. The first kappa shape index (κ1) is 16.5. The molecule has 0 aromatic heterocycles. The van der Waals surface area contributed by atoms with Gasteiger partial charge in [-0.05, 0) is 65.2 Å². The summed E-state index contributed by atoms with van der Waals surface area (Å²) >= 11 is 0. The molecular weight excluding hydrogens is 250 g/mol. The molecule has 0 aliphatic carbocycles. The molecule has 1 aromatic carbocycles. The van der Waals surface area contributed by atoms with Crippen LogP contribution in [0, 0.1) is 20.8 Å². The van der Waals surface area contributed by atoms with Crippen LogP contribution in [-0.2, 0) is 4.79 Å². The summed E-state index contributed by atoms with van der Waals surface area (Å²) in [6.45, 7) is 14.3. The van der Waals surface area contributed by atoms with E-state index in [1.165, 1.54) is 5.56 Å². The predicted octanol–water partition coefficient (Wildman–Crippen LogP) is 3.64. The lowest BCUT2D eigenvalue weighted by Crippen LogP contribution is -2.44. The number of aryl methyl sites for hydroxylation is 2. The van der Waals surface area contributed by atoms with Crippen molar-refractivity contribution in [3.63, 3.8) is 0 Å². The number of amides is 1. The Morgan fingerprint density at radius 2 is 1.55 bits per heavy atom. The van der Waals surface area contributed by atoms with Gasteiger partial charge in [0, 0.05) is 12.1 Å². The van der Waals surface area contributed by atoms with Crippen LogP contribution in [0.4, 0.5) is 0 Å². The maximum atomic E-state index is 12.3. The predicted molar refractivity (Wildman–Crippen MR) is 83.3 cm³/mol. The van der Waals surface area contributed by atoms with E-state index < -0.39 is 0 Å². The molecule has 0 saturated heterocycles. The van der Waals surface area contributed by atoms with Gasteiger partial charge in [0.05, 0.1) is 0 Å². The molecule has 0 saturated carbocycles. The lowest BCUT2D eigenvalue weighted by Gasteiger charge is -2.30. The summed E-state index contributed by atoms with van der Waals surface area (Å²) in [6.07, 6.45) is 0. The molecule has 112 valence electrons. The van der Waals surface area contributed by atoms with Gasteiger partial charge in [0.15, 0.2) is 6.61 Å². The van der Waals surface area contributed by atoms with E-state index in [1.807, 2.05) is 52.5 Å². The summed E-state index contributed by atoms with van der Waals surface area (Å²) in [7, 11) is 0. The zero-order valence-corrected chi connectivity index (χ0v) is 13.8. The molecule has 0 atom stereocenters. The van der Waals surface area contributed by atoms with E-state index in [9.17, 15) is 4.79 Å². The highest BCUT2D eigenvalue weighted by atomic mass is 16.5. The van der Waals surface area contributed by atoms with E-state index in [2.05, 4.69) is 13.0 Å². The largest absolute Gasteiger partial charge is 0.483 e. The fraction of sp³-hybridized carbons (Fsp3) is 0.588. The topological polar surface area (TPSA) is 29.5 Å². The van der Waals surface area contributed by atoms with Gasteiger partial charge in [0.25, 0.3) is 5.91 Å². The third kappa shape index (κ3) is 3.75. The van der Waals surface area contributed by atoms with Gasteiger partial charge in [0.2, 0.25) is 0 Å². The Kier molecular flexibility index (Phi) is 5.61. The van der Waals surface area contributed by atoms with Crippen molar-refractivity contribution >= 4 is 5.91 Å². The van der Waals surface area contributed by atoms with Gasteiger partial charge in [-0.1, -0.05) is 12.1 Å². The smallest absolute Gasteiger partial charge is 0.260 e. The molecule has 0 spiro atoms. The van der Waals surface area contributed by atoms with Crippen LogP contribution in [0.1, 0.15) is 44.4 Å². The molecule has 1 rings (SSSR count). The van der Waals surface area contributed by atoms with Crippen molar-refractivity contribution < 1.29 is 9.53 Å². The van der Waals surface area contributed by atoms with E-state index in [4.69, 9.17) is 4.74 Å². The first-order valence-electron chi connectivity index (χ1n) is 7.26. The molecule has 1 aromatic rings. The number of ether oxygens (including phenoxy) is 1. The number of hydrogen-bond acceptors (Lipinski definition) is 2. The number of carbonyl (C=O) groups excluding carboxylic acids is 1. The molecule has 3 heteroatoms. The Morgan fingerprint density at radius 3 is 2.05 bits per heavy atom. The van der Waals surface area contributed by atoms with E-state index in [-0.39, 0.29) is 24.6 Å². The van der Waals surface area contributed by atoms with Gasteiger partial charge in [-0.2, -0.15) is 0 Å². The third-order valence-corrected chi connectivity index (χ3v) is 3.61. The fourth-order valence-electron chi connectivity index (χ4n) is 2.53. The standard InChI is InChI=1S/C17H27NO2/c1-11(2)18(12(3)4)16(19)10-20-17-14(6)9-8-13(5)15(17)7/h8-9,11-12H,10H2,1-7H3. The highest BCUT2D eigenvalue weighted by Crippen LogP contribution is 2.25. The Morgan fingerprint density at radius 1 is 1.05 bits per heavy atom. The molecule has 0 N–H and O–H groups in total. The van der Waals surface area contributed by atoms with E-state index >= 15 is 0 Å². The molecule has 0 heterocycles. The second-order valence-corrected chi connectivity index (χ2v) is 5.93. The zero-order valence-electron chi connectivity index (χ0n) is 13.8.